The minimum Gasteiger partial charge on any atom is -0.366 e. The molecule has 1 aliphatic rings. The molecule has 0 radical (unpaired) electrons. The lowest BCUT2D eigenvalue weighted by Gasteiger charge is -2.48. The van der Waals surface area contributed by atoms with E-state index in [0.717, 1.165) is 24.8 Å². The highest BCUT2D eigenvalue weighted by Gasteiger charge is 2.36. The molecule has 0 bridgehead atoms. The van der Waals surface area contributed by atoms with Crippen molar-refractivity contribution in [3.63, 3.8) is 0 Å². The SMILES string of the molecule is CCCCN1c2c(C)cc(C=O)cc2C(C)CC1(C)C. The van der Waals surface area contributed by atoms with Crippen LogP contribution in [-0.2, 0) is 0 Å². The summed E-state index contributed by atoms with van der Waals surface area (Å²) in [5.41, 5.74) is 4.95. The van der Waals surface area contributed by atoms with Gasteiger partial charge in [-0.2, -0.15) is 0 Å². The van der Waals surface area contributed by atoms with Crippen LogP contribution in [0, 0.1) is 6.92 Å². The summed E-state index contributed by atoms with van der Waals surface area (Å²) in [5, 5.41) is 0. The molecule has 0 amide bonds. The van der Waals surface area contributed by atoms with Gasteiger partial charge in [-0.25, -0.2) is 0 Å². The third kappa shape index (κ3) is 2.61. The summed E-state index contributed by atoms with van der Waals surface area (Å²) in [6.45, 7) is 12.4. The fourth-order valence-corrected chi connectivity index (χ4v) is 3.65. The van der Waals surface area contributed by atoms with Gasteiger partial charge in [-0.05, 0) is 62.8 Å². The Hall–Kier alpha value is -1.31. The highest BCUT2D eigenvalue weighted by molar-refractivity contribution is 5.79. The molecular weight excluding hydrogens is 246 g/mol. The summed E-state index contributed by atoms with van der Waals surface area (Å²) in [4.78, 5) is 13.7. The van der Waals surface area contributed by atoms with Crippen molar-refractivity contribution < 1.29 is 4.79 Å². The number of rotatable bonds is 4. The summed E-state index contributed by atoms with van der Waals surface area (Å²) in [5.74, 6) is 0.511. The predicted molar refractivity (Wildman–Crippen MR) is 85.9 cm³/mol. The maximum absolute atomic E-state index is 11.1. The Morgan fingerprint density at radius 2 is 2.10 bits per heavy atom. The van der Waals surface area contributed by atoms with Crippen LogP contribution < -0.4 is 4.90 Å². The largest absolute Gasteiger partial charge is 0.366 e. The van der Waals surface area contributed by atoms with E-state index >= 15 is 0 Å². The second kappa shape index (κ2) is 5.59. The van der Waals surface area contributed by atoms with Crippen molar-refractivity contribution in [2.45, 2.75) is 65.3 Å². The van der Waals surface area contributed by atoms with Gasteiger partial charge in [-0.3, -0.25) is 4.79 Å². The van der Waals surface area contributed by atoms with E-state index in [4.69, 9.17) is 0 Å². The first-order valence-corrected chi connectivity index (χ1v) is 7.78. The molecule has 2 rings (SSSR count). The van der Waals surface area contributed by atoms with Crippen LogP contribution in [0.25, 0.3) is 0 Å². The predicted octanol–water partition coefficient (Wildman–Crippen LogP) is 4.70. The Labute approximate surface area is 123 Å². The molecule has 0 saturated carbocycles. The zero-order chi connectivity index (χ0) is 14.9. The lowest BCUT2D eigenvalue weighted by atomic mass is 9.78. The highest BCUT2D eigenvalue weighted by atomic mass is 16.1. The lowest BCUT2D eigenvalue weighted by molar-refractivity contribution is 0.112. The number of aryl methyl sites for hydroxylation is 1. The molecule has 0 spiro atoms. The van der Waals surface area contributed by atoms with Crippen molar-refractivity contribution in [1.82, 2.24) is 0 Å². The Morgan fingerprint density at radius 3 is 2.70 bits per heavy atom. The Morgan fingerprint density at radius 1 is 1.40 bits per heavy atom. The molecule has 1 aliphatic heterocycles. The minimum absolute atomic E-state index is 0.190. The van der Waals surface area contributed by atoms with Gasteiger partial charge >= 0.3 is 0 Å². The van der Waals surface area contributed by atoms with Crippen molar-refractivity contribution in [2.75, 3.05) is 11.4 Å². The van der Waals surface area contributed by atoms with Gasteiger partial charge in [0.25, 0.3) is 0 Å². The van der Waals surface area contributed by atoms with Gasteiger partial charge < -0.3 is 4.90 Å². The van der Waals surface area contributed by atoms with E-state index in [1.54, 1.807) is 0 Å². The van der Waals surface area contributed by atoms with Gasteiger partial charge in [0.1, 0.15) is 6.29 Å². The molecule has 1 aromatic rings. The van der Waals surface area contributed by atoms with Crippen LogP contribution in [0.2, 0.25) is 0 Å². The second-order valence-corrected chi connectivity index (χ2v) is 6.82. The van der Waals surface area contributed by atoms with E-state index < -0.39 is 0 Å². The van der Waals surface area contributed by atoms with Crippen LogP contribution in [0.1, 0.15) is 74.4 Å². The van der Waals surface area contributed by atoms with Gasteiger partial charge in [0.15, 0.2) is 0 Å². The van der Waals surface area contributed by atoms with Crippen molar-refractivity contribution in [2.24, 2.45) is 0 Å². The number of hydrogen-bond acceptors (Lipinski definition) is 2. The van der Waals surface area contributed by atoms with E-state index in [-0.39, 0.29) is 5.54 Å². The van der Waals surface area contributed by atoms with Gasteiger partial charge in [0.05, 0.1) is 0 Å². The molecule has 0 aromatic heterocycles. The lowest BCUT2D eigenvalue weighted by Crippen LogP contribution is -2.49. The van der Waals surface area contributed by atoms with Crippen LogP contribution in [-0.4, -0.2) is 18.4 Å². The van der Waals surface area contributed by atoms with Gasteiger partial charge in [-0.1, -0.05) is 20.3 Å². The van der Waals surface area contributed by atoms with Crippen molar-refractivity contribution in [3.8, 4) is 0 Å². The van der Waals surface area contributed by atoms with Gasteiger partial charge in [0, 0.05) is 23.3 Å². The number of carbonyl (C=O) groups is 1. The molecule has 2 heteroatoms. The minimum atomic E-state index is 0.190. The summed E-state index contributed by atoms with van der Waals surface area (Å²) >= 11 is 0. The topological polar surface area (TPSA) is 20.3 Å². The van der Waals surface area contributed by atoms with Crippen molar-refractivity contribution in [1.29, 1.82) is 0 Å². The quantitative estimate of drug-likeness (QED) is 0.741. The summed E-state index contributed by atoms with van der Waals surface area (Å²) in [7, 11) is 0. The van der Waals surface area contributed by atoms with Crippen LogP contribution in [0.3, 0.4) is 0 Å². The summed E-state index contributed by atoms with van der Waals surface area (Å²) in [6.07, 6.45) is 4.54. The van der Waals surface area contributed by atoms with E-state index in [1.807, 2.05) is 6.07 Å². The van der Waals surface area contributed by atoms with Gasteiger partial charge in [-0.15, -0.1) is 0 Å². The molecule has 20 heavy (non-hydrogen) atoms. The third-order valence-corrected chi connectivity index (χ3v) is 4.56. The highest BCUT2D eigenvalue weighted by Crippen LogP contribution is 2.45. The number of carbonyl (C=O) groups excluding carboxylic acids is 1. The first-order valence-electron chi connectivity index (χ1n) is 7.78. The zero-order valence-corrected chi connectivity index (χ0v) is 13.5. The average molecular weight is 273 g/mol. The van der Waals surface area contributed by atoms with Crippen LogP contribution >= 0.6 is 0 Å². The molecule has 2 nitrogen and oxygen atoms in total. The van der Waals surface area contributed by atoms with E-state index in [9.17, 15) is 4.79 Å². The Kier molecular flexibility index (Phi) is 4.22. The molecule has 0 fully saturated rings. The summed E-state index contributed by atoms with van der Waals surface area (Å²) in [6, 6.07) is 4.12. The number of nitrogens with zero attached hydrogens (tertiary/aromatic N) is 1. The number of hydrogen-bond donors (Lipinski definition) is 0. The molecule has 1 heterocycles. The van der Waals surface area contributed by atoms with Crippen LogP contribution in [0.5, 0.6) is 0 Å². The fourth-order valence-electron chi connectivity index (χ4n) is 3.65. The van der Waals surface area contributed by atoms with Gasteiger partial charge in [0.2, 0.25) is 0 Å². The van der Waals surface area contributed by atoms with E-state index in [1.165, 1.54) is 29.7 Å². The number of aldehydes is 1. The molecule has 0 saturated heterocycles. The maximum Gasteiger partial charge on any atom is 0.150 e. The summed E-state index contributed by atoms with van der Waals surface area (Å²) < 4.78 is 0. The number of benzene rings is 1. The molecule has 1 atom stereocenters. The molecule has 110 valence electrons. The molecular formula is C18H27NO. The average Bonchev–Trinajstić information content (AvgIpc) is 2.38. The third-order valence-electron chi connectivity index (χ3n) is 4.56. The van der Waals surface area contributed by atoms with Crippen LogP contribution in [0.4, 0.5) is 5.69 Å². The number of fused-ring (bicyclic) bond motifs is 1. The Balaban J connectivity index is 2.54. The fraction of sp³-hybridized carbons (Fsp3) is 0.611. The Bertz CT molecular complexity index is 504. The van der Waals surface area contributed by atoms with Crippen molar-refractivity contribution in [3.05, 3.63) is 28.8 Å². The monoisotopic (exact) mass is 273 g/mol. The van der Waals surface area contributed by atoms with Crippen molar-refractivity contribution >= 4 is 12.0 Å². The molecule has 1 aromatic carbocycles. The maximum atomic E-state index is 11.1. The van der Waals surface area contributed by atoms with E-state index in [2.05, 4.69) is 45.6 Å². The second-order valence-electron chi connectivity index (χ2n) is 6.82. The van der Waals surface area contributed by atoms with Crippen LogP contribution in [0.15, 0.2) is 12.1 Å². The molecule has 0 N–H and O–H groups in total. The first kappa shape index (κ1) is 15.1. The molecule has 0 aliphatic carbocycles. The number of anilines is 1. The van der Waals surface area contributed by atoms with E-state index in [0.29, 0.717) is 5.92 Å². The zero-order valence-electron chi connectivity index (χ0n) is 13.5. The first-order chi connectivity index (χ1) is 9.40. The normalized spacial score (nSPS) is 20.6. The smallest absolute Gasteiger partial charge is 0.150 e. The standard InChI is InChI=1S/C18H27NO/c1-6-7-8-19-17-13(2)9-15(12-20)10-16(17)14(3)11-18(19,4)5/h9-10,12,14H,6-8,11H2,1-5H3. The molecule has 1 unspecified atom stereocenters. The number of unbranched alkanes of at least 4 members (excludes halogenated alkanes) is 1.